The van der Waals surface area contributed by atoms with Gasteiger partial charge in [-0.2, -0.15) is 23.3 Å². The molecule has 0 radical (unpaired) electrons. The van der Waals surface area contributed by atoms with Crippen molar-refractivity contribution in [3.05, 3.63) is 30.6 Å². The molecule has 3 aromatic rings. The Hall–Kier alpha value is -2.53. The van der Waals surface area contributed by atoms with Crippen LogP contribution in [0, 0.1) is 0 Å². The summed E-state index contributed by atoms with van der Waals surface area (Å²) in [5.74, 6) is 0.505. The fourth-order valence-electron chi connectivity index (χ4n) is 3.74. The molecule has 0 saturated carbocycles. The Labute approximate surface area is 188 Å². The molecule has 0 aliphatic carbocycles. The van der Waals surface area contributed by atoms with Crippen molar-refractivity contribution >= 4 is 28.8 Å². The minimum Gasteiger partial charge on any atom is -0.472 e. The van der Waals surface area contributed by atoms with E-state index in [-0.39, 0.29) is 24.8 Å². The van der Waals surface area contributed by atoms with E-state index in [4.69, 9.17) is 4.74 Å². The summed E-state index contributed by atoms with van der Waals surface area (Å²) in [5, 5.41) is 7.64. The average Bonchev–Trinajstić information content (AvgIpc) is 3.20. The van der Waals surface area contributed by atoms with E-state index < -0.39 is 17.8 Å². The minimum atomic E-state index is -4.40. The van der Waals surface area contributed by atoms with Gasteiger partial charge in [-0.3, -0.25) is 5.10 Å². The number of fused-ring (bicyclic) bond motifs is 1. The number of nitrogens with one attached hydrogen (secondary N) is 1. The van der Waals surface area contributed by atoms with Crippen LogP contribution >= 0.6 is 11.9 Å². The zero-order valence-corrected chi connectivity index (χ0v) is 19.1. The first-order valence-corrected chi connectivity index (χ1v) is 11.4. The lowest BCUT2D eigenvalue weighted by molar-refractivity contribution is -0.153. The van der Waals surface area contributed by atoms with E-state index in [1.165, 1.54) is 16.8 Å². The number of alkyl halides is 3. The van der Waals surface area contributed by atoms with Crippen LogP contribution in [0.5, 0.6) is 5.88 Å². The maximum Gasteiger partial charge on any atom is 0.410 e. The Kier molecular flexibility index (Phi) is 5.97. The SMILES string of the molecule is CSN1CCN(c2cc(-c3ccnc4[nH]ncc34)cc(OC(C)(C)C)n2)C(C(F)(F)F)C1. The molecular weight excluding hydrogens is 441 g/mol. The Bertz CT molecular complexity index is 1100. The molecule has 0 amide bonds. The highest BCUT2D eigenvalue weighted by atomic mass is 32.2. The number of aromatic amines is 1. The highest BCUT2D eigenvalue weighted by molar-refractivity contribution is 7.96. The Balaban J connectivity index is 1.83. The number of anilines is 1. The van der Waals surface area contributed by atoms with E-state index in [0.29, 0.717) is 17.8 Å². The van der Waals surface area contributed by atoms with E-state index in [1.54, 1.807) is 35.1 Å². The maximum absolute atomic E-state index is 14.0. The van der Waals surface area contributed by atoms with Gasteiger partial charge in [-0.15, -0.1) is 0 Å². The van der Waals surface area contributed by atoms with Gasteiger partial charge in [-0.1, -0.05) is 11.9 Å². The molecule has 1 fully saturated rings. The monoisotopic (exact) mass is 466 g/mol. The van der Waals surface area contributed by atoms with Crippen LogP contribution in [0.1, 0.15) is 20.8 Å². The minimum absolute atomic E-state index is 0.132. The van der Waals surface area contributed by atoms with Crippen molar-refractivity contribution in [2.45, 2.75) is 38.6 Å². The second-order valence-corrected chi connectivity index (χ2v) is 9.46. The lowest BCUT2D eigenvalue weighted by Gasteiger charge is -2.42. The normalized spacial score (nSPS) is 18.3. The van der Waals surface area contributed by atoms with Crippen molar-refractivity contribution < 1.29 is 17.9 Å². The number of hydrogen-bond donors (Lipinski definition) is 1. The van der Waals surface area contributed by atoms with Crippen molar-refractivity contribution in [2.75, 3.05) is 30.8 Å². The highest BCUT2D eigenvalue weighted by Crippen LogP contribution is 2.37. The Morgan fingerprint density at radius 1 is 1.19 bits per heavy atom. The van der Waals surface area contributed by atoms with Crippen LogP contribution in [0.4, 0.5) is 19.0 Å². The van der Waals surface area contributed by atoms with E-state index in [1.807, 2.05) is 26.8 Å². The molecule has 1 saturated heterocycles. The maximum atomic E-state index is 14.0. The van der Waals surface area contributed by atoms with Crippen LogP contribution in [0.3, 0.4) is 0 Å². The number of piperazine rings is 1. The molecule has 172 valence electrons. The molecule has 3 aromatic heterocycles. The van der Waals surface area contributed by atoms with E-state index in [9.17, 15) is 13.2 Å². The number of pyridine rings is 2. The fraction of sp³-hybridized carbons (Fsp3) is 0.476. The molecule has 7 nitrogen and oxygen atoms in total. The summed E-state index contributed by atoms with van der Waals surface area (Å²) in [6.07, 6.45) is 0.677. The lowest BCUT2D eigenvalue weighted by Crippen LogP contribution is -2.58. The number of aromatic nitrogens is 4. The van der Waals surface area contributed by atoms with Crippen molar-refractivity contribution in [1.82, 2.24) is 24.5 Å². The third kappa shape index (κ3) is 4.78. The molecule has 1 aliphatic heterocycles. The molecule has 0 spiro atoms. The molecule has 1 unspecified atom stereocenters. The molecule has 1 aliphatic rings. The fourth-order valence-corrected chi connectivity index (χ4v) is 4.30. The largest absolute Gasteiger partial charge is 0.472 e. The predicted molar refractivity (Wildman–Crippen MR) is 120 cm³/mol. The summed E-state index contributed by atoms with van der Waals surface area (Å²) >= 11 is 1.32. The molecule has 1 atom stereocenters. The first-order valence-electron chi connectivity index (χ1n) is 10.2. The average molecular weight is 467 g/mol. The van der Waals surface area contributed by atoms with Gasteiger partial charge in [0.05, 0.1) is 6.20 Å². The molecular formula is C21H25F3N6OS. The molecule has 32 heavy (non-hydrogen) atoms. The third-order valence-electron chi connectivity index (χ3n) is 5.14. The van der Waals surface area contributed by atoms with E-state index >= 15 is 0 Å². The lowest BCUT2D eigenvalue weighted by atomic mass is 10.0. The molecule has 0 aromatic carbocycles. The number of halogens is 3. The molecule has 4 heterocycles. The molecule has 11 heteroatoms. The predicted octanol–water partition coefficient (Wildman–Crippen LogP) is 4.53. The zero-order chi connectivity index (χ0) is 23.1. The summed E-state index contributed by atoms with van der Waals surface area (Å²) in [6, 6.07) is 3.58. The van der Waals surface area contributed by atoms with Gasteiger partial charge in [-0.25, -0.2) is 9.29 Å². The number of nitrogens with zero attached hydrogens (tertiary/aromatic N) is 5. The van der Waals surface area contributed by atoms with E-state index in [2.05, 4.69) is 20.2 Å². The summed E-state index contributed by atoms with van der Waals surface area (Å²) in [6.45, 7) is 6.18. The van der Waals surface area contributed by atoms with Crippen LogP contribution in [-0.2, 0) is 0 Å². The smallest absolute Gasteiger partial charge is 0.410 e. The van der Waals surface area contributed by atoms with Crippen LogP contribution in [0.15, 0.2) is 30.6 Å². The van der Waals surface area contributed by atoms with Gasteiger partial charge < -0.3 is 9.64 Å². The van der Waals surface area contributed by atoms with Gasteiger partial charge in [0.25, 0.3) is 0 Å². The second-order valence-electron chi connectivity index (χ2n) is 8.58. The number of ether oxygens (including phenoxy) is 1. The highest BCUT2D eigenvalue weighted by Gasteiger charge is 2.47. The van der Waals surface area contributed by atoms with Crippen molar-refractivity contribution in [1.29, 1.82) is 0 Å². The van der Waals surface area contributed by atoms with Gasteiger partial charge in [0.15, 0.2) is 5.65 Å². The van der Waals surface area contributed by atoms with Gasteiger partial charge in [0, 0.05) is 37.3 Å². The first-order chi connectivity index (χ1) is 15.0. The van der Waals surface area contributed by atoms with Gasteiger partial charge in [-0.05, 0) is 50.3 Å². The number of H-pyrrole nitrogens is 1. The Morgan fingerprint density at radius 3 is 2.66 bits per heavy atom. The van der Waals surface area contributed by atoms with Gasteiger partial charge in [0.2, 0.25) is 5.88 Å². The van der Waals surface area contributed by atoms with Gasteiger partial charge in [0.1, 0.15) is 17.5 Å². The summed E-state index contributed by atoms with van der Waals surface area (Å²) in [5.41, 5.74) is 1.52. The second kappa shape index (κ2) is 8.43. The van der Waals surface area contributed by atoms with Crippen molar-refractivity contribution in [2.24, 2.45) is 0 Å². The van der Waals surface area contributed by atoms with Crippen LogP contribution in [0.2, 0.25) is 0 Å². The van der Waals surface area contributed by atoms with Crippen LogP contribution in [-0.4, -0.2) is 68.2 Å². The third-order valence-corrected chi connectivity index (χ3v) is 5.99. The summed E-state index contributed by atoms with van der Waals surface area (Å²) in [4.78, 5) is 10.1. The quantitative estimate of drug-likeness (QED) is 0.567. The summed E-state index contributed by atoms with van der Waals surface area (Å²) < 4.78 is 49.7. The van der Waals surface area contributed by atoms with Crippen LogP contribution < -0.4 is 9.64 Å². The number of hydrogen-bond acceptors (Lipinski definition) is 7. The number of rotatable bonds is 4. The molecule has 1 N–H and O–H groups in total. The molecule has 4 rings (SSSR count). The van der Waals surface area contributed by atoms with Crippen molar-refractivity contribution in [3.8, 4) is 17.0 Å². The van der Waals surface area contributed by atoms with Gasteiger partial charge >= 0.3 is 6.18 Å². The van der Waals surface area contributed by atoms with Crippen molar-refractivity contribution in [3.63, 3.8) is 0 Å². The Morgan fingerprint density at radius 2 is 1.97 bits per heavy atom. The summed E-state index contributed by atoms with van der Waals surface area (Å²) in [7, 11) is 0. The van der Waals surface area contributed by atoms with E-state index in [0.717, 1.165) is 10.9 Å². The first kappa shape index (κ1) is 22.7. The molecule has 0 bridgehead atoms. The van der Waals surface area contributed by atoms with Crippen LogP contribution in [0.25, 0.3) is 22.2 Å². The zero-order valence-electron chi connectivity index (χ0n) is 18.3. The topological polar surface area (TPSA) is 70.2 Å². The standard InChI is InChI=1S/C21H25F3N6OS/c1-20(2,3)31-18-10-13(14-5-6-25-19-15(14)11-26-28-19)9-17(27-18)30-8-7-29(32-4)12-16(30)21(22,23)24/h5-6,9-11,16H,7-8,12H2,1-4H3,(H,25,26,28).